The van der Waals surface area contributed by atoms with E-state index >= 15 is 0 Å². The van der Waals surface area contributed by atoms with Crippen LogP contribution in [-0.4, -0.2) is 86.4 Å². The van der Waals surface area contributed by atoms with Gasteiger partial charge < -0.3 is 20.1 Å². The average molecular weight is 259 g/mol. The third-order valence-corrected chi connectivity index (χ3v) is 2.91. The van der Waals surface area contributed by atoms with Crippen LogP contribution in [0.5, 0.6) is 0 Å². The molecule has 1 fully saturated rings. The van der Waals surface area contributed by atoms with Crippen molar-refractivity contribution in [1.82, 2.24) is 15.1 Å². The van der Waals surface area contributed by atoms with Crippen molar-refractivity contribution in [1.29, 1.82) is 0 Å². The van der Waals surface area contributed by atoms with Crippen LogP contribution in [0.25, 0.3) is 0 Å². The fraction of sp³-hybridized carbons (Fsp3) is 0.917. The zero-order valence-corrected chi connectivity index (χ0v) is 11.4. The van der Waals surface area contributed by atoms with Crippen molar-refractivity contribution in [3.63, 3.8) is 0 Å². The molecule has 0 spiro atoms. The molecule has 106 valence electrons. The number of nitrogens with one attached hydrogen (secondary N) is 1. The van der Waals surface area contributed by atoms with Crippen molar-refractivity contribution in [3.05, 3.63) is 0 Å². The van der Waals surface area contributed by atoms with Gasteiger partial charge in [-0.2, -0.15) is 0 Å². The number of rotatable bonds is 7. The van der Waals surface area contributed by atoms with Gasteiger partial charge in [-0.1, -0.05) is 0 Å². The molecule has 0 aromatic carbocycles. The number of carbonyl (C=O) groups excluding carboxylic acids is 1. The summed E-state index contributed by atoms with van der Waals surface area (Å²) in [6.07, 6.45) is -0.536. The predicted molar refractivity (Wildman–Crippen MR) is 69.4 cm³/mol. The molecule has 0 bridgehead atoms. The van der Waals surface area contributed by atoms with E-state index in [1.165, 1.54) is 0 Å². The zero-order valence-electron chi connectivity index (χ0n) is 11.4. The number of aliphatic hydroxyl groups is 1. The number of piperazine rings is 1. The normalized spacial score (nSPS) is 18.1. The monoisotopic (exact) mass is 259 g/mol. The molecule has 0 aliphatic carbocycles. The minimum Gasteiger partial charge on any atom is -0.389 e. The molecule has 6 heteroatoms. The molecule has 0 saturated carbocycles. The molecule has 1 amide bonds. The Morgan fingerprint density at radius 3 is 2.78 bits per heavy atom. The fourth-order valence-corrected chi connectivity index (χ4v) is 1.98. The lowest BCUT2D eigenvalue weighted by atomic mass is 10.3. The SMILES string of the molecule is CCOCC(O)CN(C)CC(=O)N1CCNCC1. The largest absolute Gasteiger partial charge is 0.389 e. The van der Waals surface area contributed by atoms with E-state index < -0.39 is 6.10 Å². The highest BCUT2D eigenvalue weighted by Crippen LogP contribution is 1.97. The van der Waals surface area contributed by atoms with Gasteiger partial charge >= 0.3 is 0 Å². The molecule has 2 N–H and O–H groups in total. The minimum atomic E-state index is -0.536. The van der Waals surface area contributed by atoms with Crippen molar-refractivity contribution >= 4 is 5.91 Å². The lowest BCUT2D eigenvalue weighted by Crippen LogP contribution is -2.49. The maximum atomic E-state index is 11.9. The summed E-state index contributed by atoms with van der Waals surface area (Å²) >= 11 is 0. The van der Waals surface area contributed by atoms with Gasteiger partial charge in [0.05, 0.1) is 19.3 Å². The van der Waals surface area contributed by atoms with E-state index in [1.54, 1.807) is 0 Å². The van der Waals surface area contributed by atoms with E-state index in [9.17, 15) is 9.90 Å². The molecule has 0 radical (unpaired) electrons. The topological polar surface area (TPSA) is 65.0 Å². The molecule has 1 atom stereocenters. The van der Waals surface area contributed by atoms with Crippen molar-refractivity contribution in [2.24, 2.45) is 0 Å². The summed E-state index contributed by atoms with van der Waals surface area (Å²) in [7, 11) is 1.84. The lowest BCUT2D eigenvalue weighted by molar-refractivity contribution is -0.133. The minimum absolute atomic E-state index is 0.127. The Morgan fingerprint density at radius 1 is 1.50 bits per heavy atom. The Hall–Kier alpha value is -0.690. The first-order valence-electron chi connectivity index (χ1n) is 6.56. The van der Waals surface area contributed by atoms with Gasteiger partial charge in [0.15, 0.2) is 0 Å². The Morgan fingerprint density at radius 2 is 2.17 bits per heavy atom. The van der Waals surface area contributed by atoms with Crippen LogP contribution in [0.4, 0.5) is 0 Å². The van der Waals surface area contributed by atoms with E-state index in [2.05, 4.69) is 5.32 Å². The van der Waals surface area contributed by atoms with Crippen LogP contribution in [0.1, 0.15) is 6.92 Å². The van der Waals surface area contributed by atoms with Crippen molar-refractivity contribution in [3.8, 4) is 0 Å². The summed E-state index contributed by atoms with van der Waals surface area (Å²) in [6.45, 7) is 6.89. The van der Waals surface area contributed by atoms with Crippen molar-refractivity contribution in [2.75, 3.05) is 59.5 Å². The van der Waals surface area contributed by atoms with Crippen LogP contribution in [-0.2, 0) is 9.53 Å². The Bertz CT molecular complexity index is 245. The fourth-order valence-electron chi connectivity index (χ4n) is 1.98. The van der Waals surface area contributed by atoms with Gasteiger partial charge in [-0.15, -0.1) is 0 Å². The molecule has 6 nitrogen and oxygen atoms in total. The lowest BCUT2D eigenvalue weighted by Gasteiger charge is -2.29. The summed E-state index contributed by atoms with van der Waals surface area (Å²) < 4.78 is 5.14. The number of likely N-dealkylation sites (N-methyl/N-ethyl adjacent to an activating group) is 1. The molecule has 1 unspecified atom stereocenters. The number of hydrogen-bond acceptors (Lipinski definition) is 5. The van der Waals surface area contributed by atoms with Gasteiger partial charge in [-0.3, -0.25) is 9.69 Å². The van der Waals surface area contributed by atoms with Gasteiger partial charge in [0, 0.05) is 39.3 Å². The Labute approximate surface area is 109 Å². The maximum Gasteiger partial charge on any atom is 0.236 e. The first-order chi connectivity index (χ1) is 8.63. The number of nitrogens with zero attached hydrogens (tertiary/aromatic N) is 2. The summed E-state index contributed by atoms with van der Waals surface area (Å²) in [5.74, 6) is 0.127. The van der Waals surface area contributed by atoms with E-state index in [4.69, 9.17) is 4.74 Å². The third-order valence-electron chi connectivity index (χ3n) is 2.91. The molecule has 1 aliphatic rings. The van der Waals surface area contributed by atoms with Crippen LogP contribution in [0, 0.1) is 0 Å². The summed E-state index contributed by atoms with van der Waals surface area (Å²) in [6, 6.07) is 0. The molecule has 1 heterocycles. The Balaban J connectivity index is 2.21. The van der Waals surface area contributed by atoms with Gasteiger partial charge in [0.2, 0.25) is 5.91 Å². The van der Waals surface area contributed by atoms with Crippen LogP contribution in [0.2, 0.25) is 0 Å². The van der Waals surface area contributed by atoms with E-state index in [0.717, 1.165) is 26.2 Å². The second kappa shape index (κ2) is 8.42. The van der Waals surface area contributed by atoms with Crippen LogP contribution in [0.3, 0.4) is 0 Å². The molecule has 18 heavy (non-hydrogen) atoms. The smallest absolute Gasteiger partial charge is 0.236 e. The number of amides is 1. The molecule has 1 saturated heterocycles. The zero-order chi connectivity index (χ0) is 13.4. The van der Waals surface area contributed by atoms with Crippen LogP contribution < -0.4 is 5.32 Å². The van der Waals surface area contributed by atoms with Crippen LogP contribution >= 0.6 is 0 Å². The molecule has 1 aliphatic heterocycles. The second-order valence-corrected chi connectivity index (χ2v) is 4.64. The third kappa shape index (κ3) is 5.77. The quantitative estimate of drug-likeness (QED) is 0.598. The van der Waals surface area contributed by atoms with E-state index in [1.807, 2.05) is 23.8 Å². The van der Waals surface area contributed by atoms with Crippen LogP contribution in [0.15, 0.2) is 0 Å². The number of aliphatic hydroxyl groups excluding tert-OH is 1. The average Bonchev–Trinajstić information content (AvgIpc) is 2.37. The molecular weight excluding hydrogens is 234 g/mol. The molecule has 0 aromatic heterocycles. The Kier molecular flexibility index (Phi) is 7.19. The first kappa shape index (κ1) is 15.4. The summed E-state index contributed by atoms with van der Waals surface area (Å²) in [5.41, 5.74) is 0. The standard InChI is InChI=1S/C12H25N3O3/c1-3-18-10-11(16)8-14(2)9-12(17)15-6-4-13-5-7-15/h11,13,16H,3-10H2,1-2H3. The molecule has 1 rings (SSSR count). The number of carbonyl (C=O) groups is 1. The van der Waals surface area contributed by atoms with E-state index in [0.29, 0.717) is 26.3 Å². The van der Waals surface area contributed by atoms with Gasteiger partial charge in [0.1, 0.15) is 0 Å². The van der Waals surface area contributed by atoms with Crippen molar-refractivity contribution < 1.29 is 14.6 Å². The first-order valence-corrected chi connectivity index (χ1v) is 6.56. The van der Waals surface area contributed by atoms with E-state index in [-0.39, 0.29) is 5.91 Å². The maximum absolute atomic E-state index is 11.9. The van der Waals surface area contributed by atoms with Gasteiger partial charge in [0.25, 0.3) is 0 Å². The highest BCUT2D eigenvalue weighted by atomic mass is 16.5. The summed E-state index contributed by atoms with van der Waals surface area (Å²) in [5, 5.41) is 12.9. The highest BCUT2D eigenvalue weighted by Gasteiger charge is 2.18. The molecular formula is C12H25N3O3. The predicted octanol–water partition coefficient (Wildman–Crippen LogP) is -1.25. The highest BCUT2D eigenvalue weighted by molar-refractivity contribution is 5.78. The second-order valence-electron chi connectivity index (χ2n) is 4.64. The van der Waals surface area contributed by atoms with Gasteiger partial charge in [-0.25, -0.2) is 0 Å². The molecule has 0 aromatic rings. The number of ether oxygens (including phenoxy) is 1. The number of hydrogen-bond donors (Lipinski definition) is 2. The van der Waals surface area contributed by atoms with Crippen molar-refractivity contribution in [2.45, 2.75) is 13.0 Å². The summed E-state index contributed by atoms with van der Waals surface area (Å²) in [4.78, 5) is 15.7. The van der Waals surface area contributed by atoms with Gasteiger partial charge in [-0.05, 0) is 14.0 Å².